The SMILES string of the molecule is CC(=N)[C@@H](O)C(N)C(C)CO. The first-order valence-electron chi connectivity index (χ1n) is 3.60. The third kappa shape index (κ3) is 2.96. The summed E-state index contributed by atoms with van der Waals surface area (Å²) in [7, 11) is 0. The van der Waals surface area contributed by atoms with E-state index >= 15 is 0 Å². The Bertz CT molecular complexity index is 138. The van der Waals surface area contributed by atoms with Crippen LogP contribution in [0.2, 0.25) is 0 Å². The Hall–Kier alpha value is -0.450. The van der Waals surface area contributed by atoms with Gasteiger partial charge in [-0.05, 0) is 12.8 Å². The van der Waals surface area contributed by atoms with Gasteiger partial charge >= 0.3 is 0 Å². The summed E-state index contributed by atoms with van der Waals surface area (Å²) >= 11 is 0. The van der Waals surface area contributed by atoms with Crippen LogP contribution in [0.15, 0.2) is 0 Å². The molecule has 0 aliphatic rings. The van der Waals surface area contributed by atoms with Crippen LogP contribution in [0.4, 0.5) is 0 Å². The Morgan fingerprint density at radius 2 is 2.09 bits per heavy atom. The molecule has 0 saturated heterocycles. The lowest BCUT2D eigenvalue weighted by atomic mass is 9.96. The molecule has 0 rings (SSSR count). The number of hydrogen-bond acceptors (Lipinski definition) is 4. The average molecular weight is 160 g/mol. The van der Waals surface area contributed by atoms with Crippen molar-refractivity contribution in [3.63, 3.8) is 0 Å². The largest absolute Gasteiger partial charge is 0.396 e. The Balaban J connectivity index is 4.00. The van der Waals surface area contributed by atoms with E-state index in [1.807, 2.05) is 0 Å². The van der Waals surface area contributed by atoms with Gasteiger partial charge in [0.25, 0.3) is 0 Å². The summed E-state index contributed by atoms with van der Waals surface area (Å²) in [6.07, 6.45) is -0.933. The van der Waals surface area contributed by atoms with E-state index in [9.17, 15) is 5.11 Å². The summed E-state index contributed by atoms with van der Waals surface area (Å²) in [5.74, 6) is -0.176. The number of nitrogens with one attached hydrogen (secondary N) is 1. The third-order valence-electron chi connectivity index (χ3n) is 1.75. The monoisotopic (exact) mass is 160 g/mol. The summed E-state index contributed by atoms with van der Waals surface area (Å²) < 4.78 is 0. The number of rotatable bonds is 4. The van der Waals surface area contributed by atoms with E-state index in [4.69, 9.17) is 16.2 Å². The van der Waals surface area contributed by atoms with Crippen LogP contribution in [-0.2, 0) is 0 Å². The van der Waals surface area contributed by atoms with Crippen molar-refractivity contribution >= 4 is 5.71 Å². The van der Waals surface area contributed by atoms with E-state index in [0.717, 1.165) is 0 Å². The van der Waals surface area contributed by atoms with Gasteiger partial charge in [0.2, 0.25) is 0 Å². The van der Waals surface area contributed by atoms with Gasteiger partial charge in [-0.25, -0.2) is 0 Å². The molecule has 4 heteroatoms. The molecule has 0 fully saturated rings. The Morgan fingerprint density at radius 1 is 1.64 bits per heavy atom. The highest BCUT2D eigenvalue weighted by molar-refractivity contribution is 5.83. The predicted octanol–water partition coefficient (Wildman–Crippen LogP) is -0.657. The normalized spacial score (nSPS) is 19.0. The summed E-state index contributed by atoms with van der Waals surface area (Å²) in [5.41, 5.74) is 5.66. The smallest absolute Gasteiger partial charge is 0.106 e. The number of aliphatic hydroxyl groups excluding tert-OH is 2. The maximum absolute atomic E-state index is 9.24. The highest BCUT2D eigenvalue weighted by atomic mass is 16.3. The van der Waals surface area contributed by atoms with Crippen molar-refractivity contribution in [1.82, 2.24) is 0 Å². The quantitative estimate of drug-likeness (QED) is 0.412. The molecule has 0 aliphatic carbocycles. The first-order chi connectivity index (χ1) is 5.00. The summed E-state index contributed by atoms with van der Waals surface area (Å²) in [6, 6.07) is -0.544. The predicted molar refractivity (Wildman–Crippen MR) is 43.6 cm³/mol. The van der Waals surface area contributed by atoms with Gasteiger partial charge < -0.3 is 21.4 Å². The van der Waals surface area contributed by atoms with Crippen LogP contribution in [0.25, 0.3) is 0 Å². The zero-order valence-corrected chi connectivity index (χ0v) is 6.91. The second-order valence-electron chi connectivity index (χ2n) is 2.87. The van der Waals surface area contributed by atoms with Crippen LogP contribution in [0.5, 0.6) is 0 Å². The van der Waals surface area contributed by atoms with Crippen LogP contribution >= 0.6 is 0 Å². The third-order valence-corrected chi connectivity index (χ3v) is 1.75. The highest BCUT2D eigenvalue weighted by Crippen LogP contribution is 2.04. The maximum atomic E-state index is 9.24. The van der Waals surface area contributed by atoms with Gasteiger partial charge in [-0.2, -0.15) is 0 Å². The van der Waals surface area contributed by atoms with Gasteiger partial charge in [0.05, 0.1) is 0 Å². The molecule has 11 heavy (non-hydrogen) atoms. The molecule has 0 heterocycles. The lowest BCUT2D eigenvalue weighted by molar-refractivity contribution is 0.140. The molecular weight excluding hydrogens is 144 g/mol. The first-order valence-corrected chi connectivity index (χ1v) is 3.60. The van der Waals surface area contributed by atoms with Crippen LogP contribution < -0.4 is 5.73 Å². The molecule has 0 saturated carbocycles. The van der Waals surface area contributed by atoms with E-state index in [2.05, 4.69) is 0 Å². The molecule has 0 radical (unpaired) electrons. The lowest BCUT2D eigenvalue weighted by Gasteiger charge is -2.22. The van der Waals surface area contributed by atoms with E-state index in [0.29, 0.717) is 0 Å². The van der Waals surface area contributed by atoms with Gasteiger partial charge in [0.15, 0.2) is 0 Å². The molecule has 0 aromatic heterocycles. The van der Waals surface area contributed by atoms with E-state index in [1.54, 1.807) is 6.92 Å². The molecule has 2 unspecified atom stereocenters. The minimum Gasteiger partial charge on any atom is -0.396 e. The van der Waals surface area contributed by atoms with E-state index in [-0.39, 0.29) is 18.2 Å². The van der Waals surface area contributed by atoms with Crippen LogP contribution in [0.3, 0.4) is 0 Å². The zero-order chi connectivity index (χ0) is 9.02. The summed E-state index contributed by atoms with van der Waals surface area (Å²) in [6.45, 7) is 3.16. The molecule has 4 nitrogen and oxygen atoms in total. The molecule has 0 aromatic rings. The standard InChI is InChI=1S/C7H16N2O2/c1-4(3-10)6(9)7(11)5(2)8/h4,6-8,10-11H,3,9H2,1-2H3/t4?,6?,7-/m1/s1. The summed E-state index contributed by atoms with van der Waals surface area (Å²) in [5, 5.41) is 25.0. The highest BCUT2D eigenvalue weighted by Gasteiger charge is 2.21. The molecule has 0 bridgehead atoms. The van der Waals surface area contributed by atoms with Crippen molar-refractivity contribution in [2.75, 3.05) is 6.61 Å². The fourth-order valence-electron chi connectivity index (χ4n) is 0.722. The molecule has 0 aliphatic heterocycles. The molecule has 3 atom stereocenters. The van der Waals surface area contributed by atoms with Crippen molar-refractivity contribution in [3.05, 3.63) is 0 Å². The fraction of sp³-hybridized carbons (Fsp3) is 0.857. The maximum Gasteiger partial charge on any atom is 0.106 e. The Morgan fingerprint density at radius 3 is 2.36 bits per heavy atom. The fourth-order valence-corrected chi connectivity index (χ4v) is 0.722. The second-order valence-corrected chi connectivity index (χ2v) is 2.87. The van der Waals surface area contributed by atoms with Gasteiger partial charge in [-0.3, -0.25) is 0 Å². The lowest BCUT2D eigenvalue weighted by Crippen LogP contribution is -2.44. The Labute approximate surface area is 66.5 Å². The molecule has 0 aromatic carbocycles. The molecule has 0 amide bonds. The summed E-state index contributed by atoms with van der Waals surface area (Å²) in [4.78, 5) is 0. The second kappa shape index (κ2) is 4.43. The molecule has 66 valence electrons. The van der Waals surface area contributed by atoms with Crippen molar-refractivity contribution in [1.29, 1.82) is 5.41 Å². The average Bonchev–Trinajstić information content (AvgIpc) is 2.00. The van der Waals surface area contributed by atoms with Crippen molar-refractivity contribution in [2.45, 2.75) is 26.0 Å². The van der Waals surface area contributed by atoms with Crippen molar-refractivity contribution in [3.8, 4) is 0 Å². The van der Waals surface area contributed by atoms with Crippen LogP contribution in [0.1, 0.15) is 13.8 Å². The minimum atomic E-state index is -0.933. The number of hydrogen-bond donors (Lipinski definition) is 4. The molecule has 5 N–H and O–H groups in total. The molecular formula is C7H16N2O2. The minimum absolute atomic E-state index is 0.0640. The van der Waals surface area contributed by atoms with Gasteiger partial charge in [0.1, 0.15) is 6.10 Å². The molecule has 0 spiro atoms. The number of nitrogens with two attached hydrogens (primary N) is 1. The topological polar surface area (TPSA) is 90.3 Å². The van der Waals surface area contributed by atoms with Gasteiger partial charge in [-0.15, -0.1) is 0 Å². The van der Waals surface area contributed by atoms with E-state index in [1.165, 1.54) is 6.92 Å². The van der Waals surface area contributed by atoms with Crippen molar-refractivity contribution in [2.24, 2.45) is 11.7 Å². The van der Waals surface area contributed by atoms with Crippen molar-refractivity contribution < 1.29 is 10.2 Å². The van der Waals surface area contributed by atoms with E-state index < -0.39 is 12.1 Å². The van der Waals surface area contributed by atoms with Gasteiger partial charge in [0, 0.05) is 18.4 Å². The first kappa shape index (κ1) is 10.6. The zero-order valence-electron chi connectivity index (χ0n) is 6.91. The van der Waals surface area contributed by atoms with Gasteiger partial charge in [-0.1, -0.05) is 6.92 Å². The van der Waals surface area contributed by atoms with Crippen LogP contribution in [-0.4, -0.2) is 34.7 Å². The van der Waals surface area contributed by atoms with Crippen LogP contribution in [0, 0.1) is 11.3 Å². The number of aliphatic hydroxyl groups is 2. The Kier molecular flexibility index (Phi) is 4.25.